The van der Waals surface area contributed by atoms with E-state index in [4.69, 9.17) is 0 Å². The molecule has 0 saturated heterocycles. The van der Waals surface area contributed by atoms with Gasteiger partial charge in [0.1, 0.15) is 0 Å². The molecule has 0 unspecified atom stereocenters. The van der Waals surface area contributed by atoms with E-state index in [0.29, 0.717) is 32.9 Å². The molecule has 8 heteroatoms. The Morgan fingerprint density at radius 1 is 0.550 bits per heavy atom. The molecule has 0 aliphatic rings. The van der Waals surface area contributed by atoms with Crippen LogP contribution < -0.4 is 21.5 Å². The summed E-state index contributed by atoms with van der Waals surface area (Å²) in [5.41, 5.74) is 3.78. The van der Waals surface area contributed by atoms with Gasteiger partial charge in [0.05, 0.1) is 22.1 Å². The van der Waals surface area contributed by atoms with Gasteiger partial charge in [-0.3, -0.25) is 19.2 Å². The molecule has 0 radical (unpaired) electrons. The zero-order valence-corrected chi connectivity index (χ0v) is 21.8. The molecule has 0 spiro atoms. The van der Waals surface area contributed by atoms with E-state index in [2.05, 4.69) is 10.6 Å². The highest BCUT2D eigenvalue weighted by molar-refractivity contribution is 6.08. The SMILES string of the molecule is Cn1c2ccccc2c(=O)c2cc(NC(=O)C=CC(=O)Nc3ccc4c(c3)c(=O)c3ccccc3n4C)ccc21. The van der Waals surface area contributed by atoms with E-state index < -0.39 is 11.8 Å². The highest BCUT2D eigenvalue weighted by atomic mass is 16.2. The van der Waals surface area contributed by atoms with Crippen LogP contribution in [0.25, 0.3) is 43.6 Å². The summed E-state index contributed by atoms with van der Waals surface area (Å²) in [5.74, 6) is -1.04. The van der Waals surface area contributed by atoms with E-state index in [1.165, 1.54) is 0 Å². The van der Waals surface area contributed by atoms with Gasteiger partial charge in [-0.25, -0.2) is 0 Å². The number of nitrogens with one attached hydrogen (secondary N) is 2. The molecule has 196 valence electrons. The molecule has 2 aromatic heterocycles. The van der Waals surface area contributed by atoms with Crippen molar-refractivity contribution < 1.29 is 9.59 Å². The fourth-order valence-corrected chi connectivity index (χ4v) is 5.16. The highest BCUT2D eigenvalue weighted by Crippen LogP contribution is 2.22. The lowest BCUT2D eigenvalue weighted by Gasteiger charge is -2.12. The summed E-state index contributed by atoms with van der Waals surface area (Å²) in [4.78, 5) is 51.2. The van der Waals surface area contributed by atoms with Crippen LogP contribution in [0.3, 0.4) is 0 Å². The number of pyridine rings is 2. The molecular formula is C32H24N4O4. The molecule has 0 aliphatic carbocycles. The first-order chi connectivity index (χ1) is 19.3. The maximum absolute atomic E-state index is 13.0. The first-order valence-electron chi connectivity index (χ1n) is 12.6. The van der Waals surface area contributed by atoms with Gasteiger partial charge in [-0.05, 0) is 60.7 Å². The number of carbonyl (C=O) groups excluding carboxylic acids is 2. The largest absolute Gasteiger partial charge is 0.343 e. The number of aryl methyl sites for hydroxylation is 2. The molecule has 2 amide bonds. The number of fused-ring (bicyclic) bond motifs is 4. The minimum Gasteiger partial charge on any atom is -0.343 e. The van der Waals surface area contributed by atoms with Crippen molar-refractivity contribution in [1.29, 1.82) is 0 Å². The van der Waals surface area contributed by atoms with E-state index in [-0.39, 0.29) is 10.9 Å². The predicted octanol–water partition coefficient (Wildman–Crippen LogP) is 4.83. The summed E-state index contributed by atoms with van der Waals surface area (Å²) >= 11 is 0. The number of hydrogen-bond donors (Lipinski definition) is 2. The molecular weight excluding hydrogens is 504 g/mol. The molecule has 6 rings (SSSR count). The number of hydrogen-bond acceptors (Lipinski definition) is 4. The molecule has 0 fully saturated rings. The molecule has 0 atom stereocenters. The number of carbonyl (C=O) groups is 2. The highest BCUT2D eigenvalue weighted by Gasteiger charge is 2.11. The quantitative estimate of drug-likeness (QED) is 0.253. The monoisotopic (exact) mass is 528 g/mol. The van der Waals surface area contributed by atoms with Gasteiger partial charge in [-0.2, -0.15) is 0 Å². The predicted molar refractivity (Wildman–Crippen MR) is 160 cm³/mol. The summed E-state index contributed by atoms with van der Waals surface area (Å²) in [6.07, 6.45) is 2.23. The Balaban J connectivity index is 1.20. The van der Waals surface area contributed by atoms with Crippen molar-refractivity contribution in [3.63, 3.8) is 0 Å². The second-order valence-corrected chi connectivity index (χ2v) is 9.59. The van der Waals surface area contributed by atoms with Crippen LogP contribution in [0.2, 0.25) is 0 Å². The molecule has 40 heavy (non-hydrogen) atoms. The summed E-state index contributed by atoms with van der Waals surface area (Å²) in [6.45, 7) is 0. The second-order valence-electron chi connectivity index (χ2n) is 9.59. The van der Waals surface area contributed by atoms with Crippen LogP contribution in [0.1, 0.15) is 0 Å². The Bertz CT molecular complexity index is 2020. The van der Waals surface area contributed by atoms with Crippen molar-refractivity contribution in [2.45, 2.75) is 0 Å². The Morgan fingerprint density at radius 2 is 0.925 bits per heavy atom. The molecule has 8 nitrogen and oxygen atoms in total. The zero-order chi connectivity index (χ0) is 28.0. The topological polar surface area (TPSA) is 102 Å². The van der Waals surface area contributed by atoms with Gasteiger partial charge >= 0.3 is 0 Å². The lowest BCUT2D eigenvalue weighted by atomic mass is 10.1. The third-order valence-electron chi connectivity index (χ3n) is 7.15. The number of rotatable bonds is 4. The van der Waals surface area contributed by atoms with Crippen LogP contribution in [-0.4, -0.2) is 20.9 Å². The number of para-hydroxylation sites is 2. The summed E-state index contributed by atoms with van der Waals surface area (Å²) in [6, 6.07) is 25.0. The molecule has 2 heterocycles. The number of anilines is 2. The average Bonchev–Trinajstić information content (AvgIpc) is 2.97. The fourth-order valence-electron chi connectivity index (χ4n) is 5.16. The van der Waals surface area contributed by atoms with Crippen LogP contribution in [-0.2, 0) is 23.7 Å². The Labute approximate surface area is 227 Å². The number of amides is 2. The van der Waals surface area contributed by atoms with E-state index in [0.717, 1.165) is 34.2 Å². The standard InChI is InChI=1S/C32H24N4O4/c1-35-25-9-5-3-7-21(25)31(39)23-17-19(11-13-27(23)35)33-29(37)15-16-30(38)34-20-12-14-28-24(18-20)32(40)22-8-4-6-10-26(22)36(28)2/h3-18H,1-2H3,(H,33,37)(H,34,38). The third kappa shape index (κ3) is 4.21. The van der Waals surface area contributed by atoms with E-state index in [1.54, 1.807) is 48.5 Å². The van der Waals surface area contributed by atoms with Crippen LogP contribution in [0, 0.1) is 0 Å². The second kappa shape index (κ2) is 9.67. The zero-order valence-electron chi connectivity index (χ0n) is 21.8. The lowest BCUT2D eigenvalue weighted by molar-refractivity contribution is -0.114. The van der Waals surface area contributed by atoms with Crippen molar-refractivity contribution in [1.82, 2.24) is 9.13 Å². The molecule has 6 aromatic rings. The fraction of sp³-hybridized carbons (Fsp3) is 0.0625. The lowest BCUT2D eigenvalue weighted by Crippen LogP contribution is -2.14. The van der Waals surface area contributed by atoms with Gasteiger partial charge in [-0.1, -0.05) is 24.3 Å². The first-order valence-corrected chi connectivity index (χ1v) is 12.6. The maximum atomic E-state index is 13.0. The number of nitrogens with zero attached hydrogens (tertiary/aromatic N) is 2. The number of benzene rings is 4. The average molecular weight is 529 g/mol. The van der Waals surface area contributed by atoms with Crippen molar-refractivity contribution in [2.24, 2.45) is 14.1 Å². The smallest absolute Gasteiger partial charge is 0.248 e. The van der Waals surface area contributed by atoms with Gasteiger partial charge < -0.3 is 19.8 Å². The van der Waals surface area contributed by atoms with Gasteiger partial charge in [-0.15, -0.1) is 0 Å². The summed E-state index contributed by atoms with van der Waals surface area (Å²) < 4.78 is 3.87. The van der Waals surface area contributed by atoms with Crippen LogP contribution >= 0.6 is 0 Å². The van der Waals surface area contributed by atoms with Crippen LogP contribution in [0.15, 0.2) is 107 Å². The van der Waals surface area contributed by atoms with Gasteiger partial charge in [0.2, 0.25) is 11.8 Å². The van der Waals surface area contributed by atoms with Crippen LogP contribution in [0.4, 0.5) is 11.4 Å². The summed E-state index contributed by atoms with van der Waals surface area (Å²) in [5, 5.41) is 7.56. The Kier molecular flexibility index (Phi) is 6.00. The Hall–Kier alpha value is -5.50. The Morgan fingerprint density at radius 3 is 1.35 bits per heavy atom. The molecule has 4 aromatic carbocycles. The van der Waals surface area contributed by atoms with E-state index >= 15 is 0 Å². The normalized spacial score (nSPS) is 11.6. The van der Waals surface area contributed by atoms with Gasteiger partial charge in [0.25, 0.3) is 0 Å². The molecule has 0 bridgehead atoms. The van der Waals surface area contributed by atoms with Gasteiger partial charge in [0, 0.05) is 59.2 Å². The van der Waals surface area contributed by atoms with Crippen molar-refractivity contribution in [2.75, 3.05) is 10.6 Å². The summed E-state index contributed by atoms with van der Waals surface area (Å²) in [7, 11) is 3.78. The molecule has 0 aliphatic heterocycles. The van der Waals surface area contributed by atoms with Crippen molar-refractivity contribution in [3.05, 3.63) is 118 Å². The molecule has 2 N–H and O–H groups in total. The minimum atomic E-state index is -0.522. The van der Waals surface area contributed by atoms with E-state index in [9.17, 15) is 19.2 Å². The first kappa shape index (κ1) is 24.8. The van der Waals surface area contributed by atoms with E-state index in [1.807, 2.05) is 59.6 Å². The maximum Gasteiger partial charge on any atom is 0.248 e. The van der Waals surface area contributed by atoms with Gasteiger partial charge in [0.15, 0.2) is 10.9 Å². The minimum absolute atomic E-state index is 0.118. The van der Waals surface area contributed by atoms with Crippen molar-refractivity contribution >= 4 is 66.8 Å². The number of aromatic nitrogens is 2. The van der Waals surface area contributed by atoms with Crippen LogP contribution in [0.5, 0.6) is 0 Å². The molecule has 0 saturated carbocycles. The van der Waals surface area contributed by atoms with Crippen molar-refractivity contribution in [3.8, 4) is 0 Å². The third-order valence-corrected chi connectivity index (χ3v) is 7.15.